The number of ether oxygens (including phenoxy) is 3. The molecule has 5 nitrogen and oxygen atoms in total. The molecule has 0 radical (unpaired) electrons. The van der Waals surface area contributed by atoms with Crippen molar-refractivity contribution in [2.75, 3.05) is 6.61 Å². The Balaban J connectivity index is 1.87. The lowest BCUT2D eigenvalue weighted by Crippen LogP contribution is -2.48. The third kappa shape index (κ3) is 2.14. The molecule has 1 aromatic rings. The number of para-hydroxylation sites is 1. The largest absolute Gasteiger partial charge is 0.466 e. The average molecular weight is 314 g/mol. The number of fused-ring (bicyclic) bond motifs is 5. The maximum absolute atomic E-state index is 12.5. The van der Waals surface area contributed by atoms with Gasteiger partial charge in [0.25, 0.3) is 6.29 Å². The van der Waals surface area contributed by atoms with E-state index in [0.29, 0.717) is 23.5 Å². The number of hydrogen-bond acceptors (Lipinski definition) is 5. The Labute approximate surface area is 134 Å². The minimum absolute atomic E-state index is 0.0701. The number of esters is 1. The molecular weight excluding hydrogens is 296 g/mol. The molecule has 0 fully saturated rings. The number of rotatable bonds is 2. The fourth-order valence-electron chi connectivity index (χ4n) is 3.76. The summed E-state index contributed by atoms with van der Waals surface area (Å²) in [6.45, 7) is 2.05. The third-order valence-corrected chi connectivity index (χ3v) is 4.69. The second kappa shape index (κ2) is 5.41. The van der Waals surface area contributed by atoms with Crippen LogP contribution in [0, 0.1) is 5.92 Å². The lowest BCUT2D eigenvalue weighted by atomic mass is 9.72. The minimum atomic E-state index is -0.724. The molecule has 0 N–H and O–H groups in total. The number of allylic oxidation sites excluding steroid dienone is 2. The van der Waals surface area contributed by atoms with Gasteiger partial charge in [-0.3, -0.25) is 9.59 Å². The Morgan fingerprint density at radius 2 is 2.09 bits per heavy atom. The Morgan fingerprint density at radius 1 is 1.26 bits per heavy atom. The van der Waals surface area contributed by atoms with Gasteiger partial charge in [-0.1, -0.05) is 18.2 Å². The Morgan fingerprint density at radius 3 is 2.91 bits per heavy atom. The van der Waals surface area contributed by atoms with Crippen molar-refractivity contribution in [1.29, 1.82) is 0 Å². The minimum Gasteiger partial charge on any atom is -0.466 e. The van der Waals surface area contributed by atoms with Gasteiger partial charge in [0.15, 0.2) is 5.78 Å². The van der Waals surface area contributed by atoms with Crippen molar-refractivity contribution in [3.8, 4) is 5.75 Å². The number of ketones is 1. The second-order valence-electron chi connectivity index (χ2n) is 6.01. The fraction of sp³-hybridized carbons (Fsp3) is 0.444. The van der Waals surface area contributed by atoms with E-state index in [9.17, 15) is 9.59 Å². The van der Waals surface area contributed by atoms with Crippen LogP contribution in [-0.4, -0.2) is 24.6 Å². The first-order chi connectivity index (χ1) is 11.2. The quantitative estimate of drug-likeness (QED) is 0.785. The van der Waals surface area contributed by atoms with Crippen LogP contribution in [0.1, 0.15) is 37.7 Å². The van der Waals surface area contributed by atoms with Gasteiger partial charge in [0.05, 0.1) is 6.61 Å². The Bertz CT molecular complexity index is 705. The zero-order valence-electron chi connectivity index (χ0n) is 12.9. The molecule has 0 amide bonds. The highest BCUT2D eigenvalue weighted by Crippen LogP contribution is 2.51. The van der Waals surface area contributed by atoms with Gasteiger partial charge < -0.3 is 14.2 Å². The van der Waals surface area contributed by atoms with E-state index in [2.05, 4.69) is 0 Å². The van der Waals surface area contributed by atoms with E-state index in [1.165, 1.54) is 0 Å². The summed E-state index contributed by atoms with van der Waals surface area (Å²) in [5.41, 5.74) is 1.51. The van der Waals surface area contributed by atoms with Gasteiger partial charge in [0.1, 0.15) is 17.4 Å². The maximum Gasteiger partial charge on any atom is 0.317 e. The Kier molecular flexibility index (Phi) is 3.36. The summed E-state index contributed by atoms with van der Waals surface area (Å²) in [5.74, 6) is 0.0908. The predicted octanol–water partition coefficient (Wildman–Crippen LogP) is 2.71. The first kappa shape index (κ1) is 14.3. The van der Waals surface area contributed by atoms with Crippen LogP contribution in [0.5, 0.6) is 5.75 Å². The van der Waals surface area contributed by atoms with Gasteiger partial charge in [-0.2, -0.15) is 0 Å². The average Bonchev–Trinajstić information content (AvgIpc) is 2.54. The van der Waals surface area contributed by atoms with E-state index in [-0.39, 0.29) is 24.3 Å². The van der Waals surface area contributed by atoms with Gasteiger partial charge in [-0.25, -0.2) is 0 Å². The van der Waals surface area contributed by atoms with Crippen LogP contribution in [0.4, 0.5) is 0 Å². The van der Waals surface area contributed by atoms with Crippen molar-refractivity contribution < 1.29 is 23.8 Å². The van der Waals surface area contributed by atoms with Crippen molar-refractivity contribution in [3.05, 3.63) is 41.2 Å². The Hall–Kier alpha value is -2.30. The number of hydrogen-bond donors (Lipinski definition) is 0. The molecule has 2 aliphatic heterocycles. The molecular formula is C18H18O5. The lowest BCUT2D eigenvalue weighted by molar-refractivity contribution is -0.173. The van der Waals surface area contributed by atoms with E-state index >= 15 is 0 Å². The van der Waals surface area contributed by atoms with Gasteiger partial charge in [0.2, 0.25) is 0 Å². The van der Waals surface area contributed by atoms with Crippen LogP contribution < -0.4 is 4.74 Å². The summed E-state index contributed by atoms with van der Waals surface area (Å²) in [6.07, 6.45) is 1.28. The number of benzene rings is 1. The molecule has 120 valence electrons. The number of carbonyl (C=O) groups excluding carboxylic acids is 2. The van der Waals surface area contributed by atoms with Crippen LogP contribution in [0.3, 0.4) is 0 Å². The van der Waals surface area contributed by atoms with Gasteiger partial charge in [-0.05, 0) is 19.4 Å². The molecule has 5 heteroatoms. The third-order valence-electron chi connectivity index (χ3n) is 4.69. The second-order valence-corrected chi connectivity index (χ2v) is 6.01. The normalized spacial score (nSPS) is 28.2. The topological polar surface area (TPSA) is 61.8 Å². The van der Waals surface area contributed by atoms with Gasteiger partial charge in [-0.15, -0.1) is 0 Å². The van der Waals surface area contributed by atoms with E-state index in [4.69, 9.17) is 14.2 Å². The molecule has 0 spiro atoms. The SMILES string of the molecule is CCOC(=O)[C@@H]1[C@@H]2OC3=C(C(=O)CCC3)[C@H]1c1ccccc1O2. The van der Waals surface area contributed by atoms with Crippen LogP contribution in [0.2, 0.25) is 0 Å². The molecule has 1 aliphatic carbocycles. The standard InChI is InChI=1S/C18H18O5/c1-2-21-17(20)16-14-10-6-3-4-8-12(10)22-18(16)23-13-9-5-7-11(19)15(13)14/h3-4,6,8,14,16,18H,2,5,7,9H2,1H3/t14-,16-,18+/m1/s1. The molecule has 3 aliphatic rings. The van der Waals surface area contributed by atoms with E-state index in [1.807, 2.05) is 24.3 Å². The number of carbonyl (C=O) groups is 2. The monoisotopic (exact) mass is 314 g/mol. The van der Waals surface area contributed by atoms with Crippen LogP contribution in [0.15, 0.2) is 35.6 Å². The highest BCUT2D eigenvalue weighted by molar-refractivity contribution is 5.99. The fourth-order valence-corrected chi connectivity index (χ4v) is 3.76. The van der Waals surface area contributed by atoms with E-state index in [0.717, 1.165) is 18.4 Å². The molecule has 2 heterocycles. The van der Waals surface area contributed by atoms with Crippen molar-refractivity contribution in [3.63, 3.8) is 0 Å². The summed E-state index contributed by atoms with van der Waals surface area (Å²) in [5, 5.41) is 0. The predicted molar refractivity (Wildman–Crippen MR) is 80.7 cm³/mol. The van der Waals surface area contributed by atoms with Crippen molar-refractivity contribution in [2.45, 2.75) is 38.4 Å². The summed E-state index contributed by atoms with van der Waals surface area (Å²) in [6, 6.07) is 7.53. The van der Waals surface area contributed by atoms with Gasteiger partial charge in [0, 0.05) is 29.9 Å². The zero-order valence-corrected chi connectivity index (χ0v) is 12.9. The maximum atomic E-state index is 12.5. The van der Waals surface area contributed by atoms with Crippen LogP contribution in [0.25, 0.3) is 0 Å². The first-order valence-corrected chi connectivity index (χ1v) is 8.05. The molecule has 0 saturated heterocycles. The first-order valence-electron chi connectivity index (χ1n) is 8.05. The zero-order chi connectivity index (χ0) is 16.0. The van der Waals surface area contributed by atoms with Crippen molar-refractivity contribution in [2.24, 2.45) is 5.92 Å². The summed E-state index contributed by atoms with van der Waals surface area (Å²) >= 11 is 0. The molecule has 0 aromatic heterocycles. The molecule has 0 saturated carbocycles. The smallest absolute Gasteiger partial charge is 0.317 e. The molecule has 23 heavy (non-hydrogen) atoms. The van der Waals surface area contributed by atoms with E-state index < -0.39 is 12.2 Å². The highest BCUT2D eigenvalue weighted by Gasteiger charge is 2.53. The number of Topliss-reactive ketones (excluding diaryl/α,β-unsaturated/α-hetero) is 1. The molecule has 2 bridgehead atoms. The summed E-state index contributed by atoms with van der Waals surface area (Å²) in [7, 11) is 0. The van der Waals surface area contributed by atoms with Crippen molar-refractivity contribution >= 4 is 11.8 Å². The lowest BCUT2D eigenvalue weighted by Gasteiger charge is -2.44. The molecule has 0 unspecified atom stereocenters. The van der Waals surface area contributed by atoms with E-state index in [1.54, 1.807) is 6.92 Å². The summed E-state index contributed by atoms with van der Waals surface area (Å²) in [4.78, 5) is 25.0. The van der Waals surface area contributed by atoms with Crippen LogP contribution >= 0.6 is 0 Å². The van der Waals surface area contributed by atoms with Crippen LogP contribution in [-0.2, 0) is 19.1 Å². The van der Waals surface area contributed by atoms with Crippen molar-refractivity contribution in [1.82, 2.24) is 0 Å². The highest BCUT2D eigenvalue weighted by atomic mass is 16.7. The molecule has 4 rings (SSSR count). The molecule has 3 atom stereocenters. The molecule has 1 aromatic carbocycles. The summed E-state index contributed by atoms with van der Waals surface area (Å²) < 4.78 is 17.0. The van der Waals surface area contributed by atoms with Gasteiger partial charge >= 0.3 is 5.97 Å².